The Hall–Kier alpha value is -0.610. The van der Waals surface area contributed by atoms with Gasteiger partial charge in [-0.25, -0.2) is 0 Å². The number of rotatable bonds is 8. The molecule has 8 heteroatoms. The topological polar surface area (TPSA) is 63.2 Å². The van der Waals surface area contributed by atoms with E-state index in [1.165, 1.54) is 64.5 Å². The number of nitrogens with one attached hydrogen (secondary N) is 2. The van der Waals surface area contributed by atoms with Crippen LogP contribution in [0.1, 0.15) is 70.6 Å². The zero-order valence-corrected chi connectivity index (χ0v) is 23.0. The average Bonchev–Trinajstić information content (AvgIpc) is 3.27. The van der Waals surface area contributed by atoms with Gasteiger partial charge in [-0.15, -0.1) is 24.0 Å². The molecule has 0 radical (unpaired) electrons. The molecule has 3 fully saturated rings. The molecule has 1 amide bonds. The number of aliphatic imine (C=N–C) groups is 1. The molecule has 2 saturated heterocycles. The number of carbonyl (C=O) groups is 1. The summed E-state index contributed by atoms with van der Waals surface area (Å²) in [5, 5.41) is 7.19. The minimum absolute atomic E-state index is 0. The molecule has 0 aromatic carbocycles. The minimum Gasteiger partial charge on any atom is -0.356 e. The summed E-state index contributed by atoms with van der Waals surface area (Å²) in [5.41, 5.74) is 0.311. The van der Waals surface area contributed by atoms with Crippen LogP contribution in [-0.4, -0.2) is 98.6 Å². The molecule has 186 valence electrons. The molecule has 3 rings (SSSR count). The van der Waals surface area contributed by atoms with Crippen molar-refractivity contribution in [1.82, 2.24) is 25.3 Å². The molecule has 1 saturated carbocycles. The number of piperidine rings is 1. The Morgan fingerprint density at radius 2 is 1.69 bits per heavy atom. The normalized spacial score (nSPS) is 24.6. The van der Waals surface area contributed by atoms with Gasteiger partial charge in [0.25, 0.3) is 0 Å². The lowest BCUT2D eigenvalue weighted by atomic mass is 9.79. The van der Waals surface area contributed by atoms with Gasteiger partial charge in [-0.3, -0.25) is 19.6 Å². The number of nitrogens with zero attached hydrogens (tertiary/aromatic N) is 4. The summed E-state index contributed by atoms with van der Waals surface area (Å²) in [4.78, 5) is 23.7. The monoisotopic (exact) mass is 562 g/mol. The summed E-state index contributed by atoms with van der Waals surface area (Å²) >= 11 is 0. The number of likely N-dealkylation sites (N-methyl/N-ethyl adjacent to an activating group) is 1. The molecule has 32 heavy (non-hydrogen) atoms. The van der Waals surface area contributed by atoms with E-state index in [0.29, 0.717) is 5.54 Å². The van der Waals surface area contributed by atoms with Crippen LogP contribution in [-0.2, 0) is 4.79 Å². The summed E-state index contributed by atoms with van der Waals surface area (Å²) in [6, 6.07) is 0.0724. The number of guanidine groups is 1. The van der Waals surface area contributed by atoms with Crippen LogP contribution >= 0.6 is 24.0 Å². The fraction of sp³-hybridized carbons (Fsp3) is 0.917. The lowest BCUT2D eigenvalue weighted by Gasteiger charge is -2.48. The van der Waals surface area contributed by atoms with Crippen LogP contribution in [0.2, 0.25) is 0 Å². The van der Waals surface area contributed by atoms with Crippen molar-refractivity contribution in [2.45, 2.75) is 82.2 Å². The first-order chi connectivity index (χ1) is 15.1. The van der Waals surface area contributed by atoms with Gasteiger partial charge >= 0.3 is 0 Å². The lowest BCUT2D eigenvalue weighted by molar-refractivity contribution is -0.133. The second-order valence-electron chi connectivity index (χ2n) is 9.97. The van der Waals surface area contributed by atoms with E-state index in [-0.39, 0.29) is 35.9 Å². The fourth-order valence-electron chi connectivity index (χ4n) is 5.81. The van der Waals surface area contributed by atoms with Gasteiger partial charge in [0, 0.05) is 46.3 Å². The van der Waals surface area contributed by atoms with Gasteiger partial charge in [0.05, 0.1) is 6.04 Å². The van der Waals surface area contributed by atoms with Crippen LogP contribution < -0.4 is 10.6 Å². The minimum atomic E-state index is 0. The highest BCUT2D eigenvalue weighted by atomic mass is 127. The Morgan fingerprint density at radius 1 is 1.00 bits per heavy atom. The summed E-state index contributed by atoms with van der Waals surface area (Å²) in [6.45, 7) is 6.41. The fourth-order valence-corrected chi connectivity index (χ4v) is 5.81. The number of halogens is 1. The lowest BCUT2D eigenvalue weighted by Crippen LogP contribution is -2.59. The summed E-state index contributed by atoms with van der Waals surface area (Å²) < 4.78 is 0. The van der Waals surface area contributed by atoms with E-state index in [0.717, 1.165) is 51.4 Å². The van der Waals surface area contributed by atoms with Crippen LogP contribution in [0.15, 0.2) is 4.99 Å². The SMILES string of the molecule is CN=C(NCCCN1CCCC1C(=O)N(C)C)NCC1(N2CCCCC2)CCCCC1.I. The second-order valence-corrected chi connectivity index (χ2v) is 9.97. The van der Waals surface area contributed by atoms with Crippen LogP contribution in [0.3, 0.4) is 0 Å². The van der Waals surface area contributed by atoms with Crippen molar-refractivity contribution < 1.29 is 4.79 Å². The number of carbonyl (C=O) groups excluding carboxylic acids is 1. The van der Waals surface area contributed by atoms with Crippen molar-refractivity contribution in [2.24, 2.45) is 4.99 Å². The average molecular weight is 563 g/mol. The van der Waals surface area contributed by atoms with E-state index >= 15 is 0 Å². The maximum Gasteiger partial charge on any atom is 0.239 e. The van der Waals surface area contributed by atoms with Gasteiger partial charge in [-0.05, 0) is 64.6 Å². The largest absolute Gasteiger partial charge is 0.356 e. The van der Waals surface area contributed by atoms with Gasteiger partial charge in [-0.2, -0.15) is 0 Å². The number of likely N-dealkylation sites (tertiary alicyclic amines) is 2. The Balaban J connectivity index is 0.00000363. The standard InChI is InChI=1S/C24H46N6O.HI/c1-25-23(26-15-11-17-29-16-10-12-21(29)22(31)28(2)3)27-20-24(13-6-4-7-14-24)30-18-8-5-9-19-30;/h21H,4-20H2,1-3H3,(H2,25,26,27);1H. The van der Waals surface area contributed by atoms with Gasteiger partial charge in [0.2, 0.25) is 5.91 Å². The first-order valence-electron chi connectivity index (χ1n) is 12.7. The quantitative estimate of drug-likeness (QED) is 0.206. The third kappa shape index (κ3) is 7.45. The molecule has 1 aliphatic carbocycles. The maximum atomic E-state index is 12.4. The molecule has 3 aliphatic rings. The third-order valence-corrected chi connectivity index (χ3v) is 7.62. The Bertz CT molecular complexity index is 587. The highest BCUT2D eigenvalue weighted by Gasteiger charge is 2.38. The van der Waals surface area contributed by atoms with Crippen LogP contribution in [0.4, 0.5) is 0 Å². The predicted molar refractivity (Wildman–Crippen MR) is 144 cm³/mol. The van der Waals surface area contributed by atoms with Crippen LogP contribution in [0.5, 0.6) is 0 Å². The summed E-state index contributed by atoms with van der Waals surface area (Å²) in [5.74, 6) is 1.17. The third-order valence-electron chi connectivity index (χ3n) is 7.62. The molecule has 2 aliphatic heterocycles. The van der Waals surface area contributed by atoms with E-state index in [2.05, 4.69) is 25.4 Å². The van der Waals surface area contributed by atoms with Crippen molar-refractivity contribution >= 4 is 35.8 Å². The predicted octanol–water partition coefficient (Wildman–Crippen LogP) is 2.90. The van der Waals surface area contributed by atoms with E-state index < -0.39 is 0 Å². The van der Waals surface area contributed by atoms with Crippen LogP contribution in [0, 0.1) is 0 Å². The van der Waals surface area contributed by atoms with E-state index in [9.17, 15) is 4.79 Å². The van der Waals surface area contributed by atoms with E-state index in [4.69, 9.17) is 0 Å². The smallest absolute Gasteiger partial charge is 0.239 e. The van der Waals surface area contributed by atoms with Gasteiger partial charge in [0.15, 0.2) is 5.96 Å². The van der Waals surface area contributed by atoms with Crippen molar-refractivity contribution in [1.29, 1.82) is 0 Å². The van der Waals surface area contributed by atoms with Crippen LogP contribution in [0.25, 0.3) is 0 Å². The molecule has 0 spiro atoms. The van der Waals surface area contributed by atoms with Gasteiger partial charge in [0.1, 0.15) is 0 Å². The Labute approximate surface area is 213 Å². The molecular weight excluding hydrogens is 515 g/mol. The van der Waals surface area contributed by atoms with Gasteiger partial charge < -0.3 is 15.5 Å². The number of hydrogen-bond donors (Lipinski definition) is 2. The van der Waals surface area contributed by atoms with Crippen molar-refractivity contribution in [3.63, 3.8) is 0 Å². The zero-order chi connectivity index (χ0) is 22.1. The Kier molecular flexibility index (Phi) is 12.0. The van der Waals surface area contributed by atoms with Crippen molar-refractivity contribution in [3.05, 3.63) is 0 Å². The molecule has 0 aromatic rings. The number of hydrogen-bond acceptors (Lipinski definition) is 4. The molecule has 1 atom stereocenters. The molecule has 0 bridgehead atoms. The molecule has 7 nitrogen and oxygen atoms in total. The Morgan fingerprint density at radius 3 is 2.34 bits per heavy atom. The maximum absolute atomic E-state index is 12.4. The number of amides is 1. The molecule has 2 heterocycles. The highest BCUT2D eigenvalue weighted by molar-refractivity contribution is 14.0. The first-order valence-corrected chi connectivity index (χ1v) is 12.7. The first kappa shape index (κ1) is 27.6. The highest BCUT2D eigenvalue weighted by Crippen LogP contribution is 2.35. The van der Waals surface area contributed by atoms with Crippen molar-refractivity contribution in [3.8, 4) is 0 Å². The summed E-state index contributed by atoms with van der Waals surface area (Å²) in [7, 11) is 5.59. The zero-order valence-electron chi connectivity index (χ0n) is 20.7. The molecule has 0 aromatic heterocycles. The van der Waals surface area contributed by atoms with Gasteiger partial charge in [-0.1, -0.05) is 25.7 Å². The van der Waals surface area contributed by atoms with E-state index in [1.54, 1.807) is 4.90 Å². The second kappa shape index (κ2) is 13.9. The molecule has 2 N–H and O–H groups in total. The van der Waals surface area contributed by atoms with E-state index in [1.807, 2.05) is 21.1 Å². The molecular formula is C24H47IN6O. The molecule has 1 unspecified atom stereocenters. The summed E-state index contributed by atoms with van der Waals surface area (Å²) in [6.07, 6.45) is 13.9. The van der Waals surface area contributed by atoms with Crippen molar-refractivity contribution in [2.75, 3.05) is 60.4 Å².